The molecule has 0 saturated carbocycles. The van der Waals surface area contributed by atoms with E-state index in [2.05, 4.69) is 0 Å². The van der Waals surface area contributed by atoms with E-state index in [1.54, 1.807) is 6.07 Å². The second kappa shape index (κ2) is 5.92. The van der Waals surface area contributed by atoms with Crippen molar-refractivity contribution in [2.75, 3.05) is 19.6 Å². The number of furan rings is 1. The lowest BCUT2D eigenvalue weighted by atomic mass is 9.98. The van der Waals surface area contributed by atoms with Crippen molar-refractivity contribution < 1.29 is 9.21 Å². The van der Waals surface area contributed by atoms with Crippen LogP contribution in [0.2, 0.25) is 0 Å². The zero-order valence-corrected chi connectivity index (χ0v) is 9.91. The van der Waals surface area contributed by atoms with E-state index in [1.165, 1.54) is 12.5 Å². The topological polar surface area (TPSA) is 59.5 Å². The van der Waals surface area contributed by atoms with Crippen LogP contribution in [0.1, 0.15) is 23.2 Å². The fraction of sp³-hybridized carbons (Fsp3) is 0.545. The first-order valence-electron chi connectivity index (χ1n) is 5.33. The van der Waals surface area contributed by atoms with Crippen LogP contribution in [0.25, 0.3) is 0 Å². The maximum Gasteiger partial charge on any atom is 0.257 e. The van der Waals surface area contributed by atoms with Crippen LogP contribution in [0.3, 0.4) is 0 Å². The quantitative estimate of drug-likeness (QED) is 0.858. The summed E-state index contributed by atoms with van der Waals surface area (Å²) in [6.45, 7) is 2.27. The largest absolute Gasteiger partial charge is 0.472 e. The molecule has 1 aliphatic rings. The summed E-state index contributed by atoms with van der Waals surface area (Å²) in [5.41, 5.74) is 6.26. The number of likely N-dealkylation sites (tertiary alicyclic amines) is 1. The molecule has 1 aromatic heterocycles. The molecule has 0 radical (unpaired) electrons. The van der Waals surface area contributed by atoms with Crippen molar-refractivity contribution in [3.63, 3.8) is 0 Å². The van der Waals surface area contributed by atoms with Crippen LogP contribution in [0.4, 0.5) is 0 Å². The Bertz CT molecular complexity index is 327. The van der Waals surface area contributed by atoms with Gasteiger partial charge in [0.15, 0.2) is 0 Å². The van der Waals surface area contributed by atoms with E-state index in [-0.39, 0.29) is 18.3 Å². The van der Waals surface area contributed by atoms with E-state index in [4.69, 9.17) is 10.2 Å². The molecular weight excluding hydrogens is 228 g/mol. The predicted molar refractivity (Wildman–Crippen MR) is 63.6 cm³/mol. The summed E-state index contributed by atoms with van der Waals surface area (Å²) >= 11 is 0. The molecule has 0 aromatic carbocycles. The van der Waals surface area contributed by atoms with Gasteiger partial charge < -0.3 is 15.1 Å². The van der Waals surface area contributed by atoms with E-state index in [0.717, 1.165) is 25.9 Å². The summed E-state index contributed by atoms with van der Waals surface area (Å²) in [7, 11) is 0. The SMILES string of the molecule is Cl.NCC1CCCN(C(=O)c2ccoc2)C1. The Morgan fingerprint density at radius 3 is 3.06 bits per heavy atom. The molecular formula is C11H17ClN2O2. The van der Waals surface area contributed by atoms with Gasteiger partial charge in [0.1, 0.15) is 6.26 Å². The maximum atomic E-state index is 11.9. The molecule has 1 fully saturated rings. The number of hydrogen-bond donors (Lipinski definition) is 1. The summed E-state index contributed by atoms with van der Waals surface area (Å²) in [6, 6.07) is 1.70. The van der Waals surface area contributed by atoms with Gasteiger partial charge in [-0.15, -0.1) is 12.4 Å². The van der Waals surface area contributed by atoms with Gasteiger partial charge in [-0.1, -0.05) is 0 Å². The van der Waals surface area contributed by atoms with Gasteiger partial charge in [-0.2, -0.15) is 0 Å². The van der Waals surface area contributed by atoms with Crippen LogP contribution < -0.4 is 5.73 Å². The van der Waals surface area contributed by atoms with Crippen LogP contribution in [-0.2, 0) is 0 Å². The molecule has 1 aromatic rings. The summed E-state index contributed by atoms with van der Waals surface area (Å²) in [5, 5.41) is 0. The van der Waals surface area contributed by atoms with Crippen molar-refractivity contribution in [3.05, 3.63) is 24.2 Å². The molecule has 1 aliphatic heterocycles. The number of piperidine rings is 1. The van der Waals surface area contributed by atoms with E-state index in [0.29, 0.717) is 18.0 Å². The van der Waals surface area contributed by atoms with Crippen molar-refractivity contribution in [1.82, 2.24) is 4.90 Å². The zero-order valence-electron chi connectivity index (χ0n) is 9.09. The number of carbonyl (C=O) groups is 1. The molecule has 1 saturated heterocycles. The molecule has 0 bridgehead atoms. The van der Waals surface area contributed by atoms with Crippen molar-refractivity contribution in [3.8, 4) is 0 Å². The average molecular weight is 245 g/mol. The zero-order chi connectivity index (χ0) is 10.7. The molecule has 5 heteroatoms. The Morgan fingerprint density at radius 2 is 2.44 bits per heavy atom. The molecule has 0 spiro atoms. The first kappa shape index (κ1) is 13.1. The summed E-state index contributed by atoms with van der Waals surface area (Å²) in [4.78, 5) is 13.8. The van der Waals surface area contributed by atoms with E-state index < -0.39 is 0 Å². The summed E-state index contributed by atoms with van der Waals surface area (Å²) in [6.07, 6.45) is 5.20. The highest BCUT2D eigenvalue weighted by atomic mass is 35.5. The minimum Gasteiger partial charge on any atom is -0.472 e. The molecule has 90 valence electrons. The second-order valence-electron chi connectivity index (χ2n) is 4.01. The highest BCUT2D eigenvalue weighted by Gasteiger charge is 2.23. The smallest absolute Gasteiger partial charge is 0.257 e. The standard InChI is InChI=1S/C11H16N2O2.ClH/c12-6-9-2-1-4-13(7-9)11(14)10-3-5-15-8-10;/h3,5,8-9H,1-2,4,6-7,12H2;1H. The lowest BCUT2D eigenvalue weighted by molar-refractivity contribution is 0.0677. The minimum absolute atomic E-state index is 0. The van der Waals surface area contributed by atoms with E-state index in [9.17, 15) is 4.79 Å². The van der Waals surface area contributed by atoms with Crippen LogP contribution in [0, 0.1) is 5.92 Å². The van der Waals surface area contributed by atoms with Gasteiger partial charge in [0.2, 0.25) is 0 Å². The number of halogens is 1. The molecule has 2 heterocycles. The Labute approximate surface area is 101 Å². The maximum absolute atomic E-state index is 11.9. The molecule has 2 rings (SSSR count). The summed E-state index contributed by atoms with van der Waals surface area (Å²) in [5.74, 6) is 0.511. The normalized spacial score (nSPS) is 20.3. The highest BCUT2D eigenvalue weighted by molar-refractivity contribution is 5.93. The third kappa shape index (κ3) is 2.77. The number of carbonyl (C=O) groups excluding carboxylic acids is 1. The van der Waals surface area contributed by atoms with Crippen molar-refractivity contribution >= 4 is 18.3 Å². The van der Waals surface area contributed by atoms with Gasteiger partial charge in [-0.05, 0) is 31.4 Å². The minimum atomic E-state index is 0. The van der Waals surface area contributed by atoms with Crippen LogP contribution >= 0.6 is 12.4 Å². The van der Waals surface area contributed by atoms with Crippen LogP contribution in [-0.4, -0.2) is 30.4 Å². The number of rotatable bonds is 2. The molecule has 4 nitrogen and oxygen atoms in total. The number of nitrogens with zero attached hydrogens (tertiary/aromatic N) is 1. The molecule has 2 N–H and O–H groups in total. The van der Waals surface area contributed by atoms with E-state index in [1.807, 2.05) is 4.90 Å². The third-order valence-corrected chi connectivity index (χ3v) is 2.91. The number of hydrogen-bond acceptors (Lipinski definition) is 3. The van der Waals surface area contributed by atoms with Gasteiger partial charge in [-0.3, -0.25) is 4.79 Å². The van der Waals surface area contributed by atoms with Crippen molar-refractivity contribution in [2.45, 2.75) is 12.8 Å². The summed E-state index contributed by atoms with van der Waals surface area (Å²) < 4.78 is 4.91. The molecule has 1 amide bonds. The number of amides is 1. The van der Waals surface area contributed by atoms with Crippen LogP contribution in [0.15, 0.2) is 23.0 Å². The molecule has 0 aliphatic carbocycles. The van der Waals surface area contributed by atoms with Gasteiger partial charge >= 0.3 is 0 Å². The second-order valence-corrected chi connectivity index (χ2v) is 4.01. The Kier molecular flexibility index (Phi) is 4.83. The fourth-order valence-corrected chi connectivity index (χ4v) is 2.01. The average Bonchev–Trinajstić information content (AvgIpc) is 2.81. The van der Waals surface area contributed by atoms with Crippen LogP contribution in [0.5, 0.6) is 0 Å². The van der Waals surface area contributed by atoms with Gasteiger partial charge in [0.05, 0.1) is 11.8 Å². The monoisotopic (exact) mass is 244 g/mol. The highest BCUT2D eigenvalue weighted by Crippen LogP contribution is 2.17. The van der Waals surface area contributed by atoms with Gasteiger partial charge in [0.25, 0.3) is 5.91 Å². The van der Waals surface area contributed by atoms with E-state index >= 15 is 0 Å². The molecule has 1 atom stereocenters. The van der Waals surface area contributed by atoms with Crippen molar-refractivity contribution in [2.24, 2.45) is 11.7 Å². The lowest BCUT2D eigenvalue weighted by Crippen LogP contribution is -2.41. The fourth-order valence-electron chi connectivity index (χ4n) is 2.01. The third-order valence-electron chi connectivity index (χ3n) is 2.91. The lowest BCUT2D eigenvalue weighted by Gasteiger charge is -2.31. The molecule has 1 unspecified atom stereocenters. The number of nitrogens with two attached hydrogens (primary N) is 1. The van der Waals surface area contributed by atoms with Gasteiger partial charge in [-0.25, -0.2) is 0 Å². The Hall–Kier alpha value is -1.00. The Balaban J connectivity index is 0.00000128. The first-order valence-corrected chi connectivity index (χ1v) is 5.33. The Morgan fingerprint density at radius 1 is 1.62 bits per heavy atom. The van der Waals surface area contributed by atoms with Gasteiger partial charge in [0, 0.05) is 13.1 Å². The molecule has 16 heavy (non-hydrogen) atoms. The first-order chi connectivity index (χ1) is 7.31. The predicted octanol–water partition coefficient (Wildman–Crippen LogP) is 1.51. The van der Waals surface area contributed by atoms with Crippen molar-refractivity contribution in [1.29, 1.82) is 0 Å².